The quantitative estimate of drug-likeness (QED) is 0.749. The number of rotatable bonds is 2. The van der Waals surface area contributed by atoms with Crippen LogP contribution in [-0.4, -0.2) is 9.97 Å². The summed E-state index contributed by atoms with van der Waals surface area (Å²) in [5.74, 6) is 1.69. The minimum absolute atomic E-state index is 0.826. The number of pyridine rings is 2. The Morgan fingerprint density at radius 3 is 2.55 bits per heavy atom. The molecule has 0 bridgehead atoms. The van der Waals surface area contributed by atoms with Gasteiger partial charge in [-0.3, -0.25) is 0 Å². The number of fused-ring (bicyclic) bond motifs is 1. The molecule has 0 unspecified atom stereocenters. The molecular formula is C17H17N3. The van der Waals surface area contributed by atoms with Crippen molar-refractivity contribution in [2.24, 2.45) is 0 Å². The molecule has 3 heteroatoms. The molecule has 0 aliphatic carbocycles. The first-order valence-electron chi connectivity index (χ1n) is 6.70. The van der Waals surface area contributed by atoms with Crippen LogP contribution in [0.1, 0.15) is 16.8 Å². The van der Waals surface area contributed by atoms with Crippen LogP contribution in [0.5, 0.6) is 0 Å². The Labute approximate surface area is 118 Å². The van der Waals surface area contributed by atoms with Gasteiger partial charge in [0.25, 0.3) is 0 Å². The number of nitrogens with zero attached hydrogens (tertiary/aromatic N) is 2. The molecule has 0 aliphatic heterocycles. The Hall–Kier alpha value is -2.42. The molecule has 2 heterocycles. The molecule has 0 radical (unpaired) electrons. The van der Waals surface area contributed by atoms with Crippen LogP contribution >= 0.6 is 0 Å². The van der Waals surface area contributed by atoms with Crippen LogP contribution in [0.2, 0.25) is 0 Å². The molecule has 3 nitrogen and oxygen atoms in total. The topological polar surface area (TPSA) is 37.8 Å². The predicted octanol–water partition coefficient (Wildman–Crippen LogP) is 4.30. The van der Waals surface area contributed by atoms with Gasteiger partial charge in [0.2, 0.25) is 0 Å². The van der Waals surface area contributed by atoms with Crippen molar-refractivity contribution in [3.8, 4) is 0 Å². The van der Waals surface area contributed by atoms with Gasteiger partial charge < -0.3 is 5.32 Å². The highest BCUT2D eigenvalue weighted by atomic mass is 15.1. The summed E-state index contributed by atoms with van der Waals surface area (Å²) in [7, 11) is 0. The van der Waals surface area contributed by atoms with E-state index in [2.05, 4.69) is 48.4 Å². The van der Waals surface area contributed by atoms with Gasteiger partial charge >= 0.3 is 0 Å². The van der Waals surface area contributed by atoms with Crippen LogP contribution in [0, 0.1) is 20.8 Å². The first-order chi connectivity index (χ1) is 9.61. The first-order valence-corrected chi connectivity index (χ1v) is 6.70. The standard InChI is InChI=1S/C17H17N3/c1-11-7-8-14-10-12(2)17(19-15(14)9-11)20-16-6-4-5-13(3)18-16/h4-10H,1-3H3,(H,18,19,20). The average Bonchev–Trinajstić information content (AvgIpc) is 2.40. The zero-order valence-corrected chi connectivity index (χ0v) is 11.9. The van der Waals surface area contributed by atoms with Gasteiger partial charge in [0.15, 0.2) is 0 Å². The van der Waals surface area contributed by atoms with E-state index in [1.54, 1.807) is 0 Å². The summed E-state index contributed by atoms with van der Waals surface area (Å²) in [6, 6.07) is 14.4. The van der Waals surface area contributed by atoms with E-state index in [0.29, 0.717) is 0 Å². The number of hydrogen-bond donors (Lipinski definition) is 1. The van der Waals surface area contributed by atoms with Crippen molar-refractivity contribution < 1.29 is 0 Å². The third-order valence-electron chi connectivity index (χ3n) is 3.30. The van der Waals surface area contributed by atoms with E-state index in [-0.39, 0.29) is 0 Å². The number of nitrogens with one attached hydrogen (secondary N) is 1. The van der Waals surface area contributed by atoms with E-state index in [0.717, 1.165) is 33.8 Å². The first kappa shape index (κ1) is 12.6. The van der Waals surface area contributed by atoms with Crippen LogP contribution in [0.15, 0.2) is 42.5 Å². The molecular weight excluding hydrogens is 246 g/mol. The van der Waals surface area contributed by atoms with E-state index < -0.39 is 0 Å². The Morgan fingerprint density at radius 1 is 0.900 bits per heavy atom. The number of aromatic nitrogens is 2. The molecule has 0 amide bonds. The van der Waals surface area contributed by atoms with Gasteiger partial charge in [-0.25, -0.2) is 9.97 Å². The van der Waals surface area contributed by atoms with Gasteiger partial charge in [0.05, 0.1) is 5.52 Å². The Morgan fingerprint density at radius 2 is 1.75 bits per heavy atom. The fraction of sp³-hybridized carbons (Fsp3) is 0.176. The summed E-state index contributed by atoms with van der Waals surface area (Å²) in [5, 5.41) is 4.47. The number of hydrogen-bond acceptors (Lipinski definition) is 3. The zero-order valence-electron chi connectivity index (χ0n) is 11.9. The van der Waals surface area contributed by atoms with E-state index in [1.807, 2.05) is 25.1 Å². The monoisotopic (exact) mass is 263 g/mol. The summed E-state index contributed by atoms with van der Waals surface area (Å²) in [4.78, 5) is 9.17. The lowest BCUT2D eigenvalue weighted by Crippen LogP contribution is -1.99. The molecule has 0 atom stereocenters. The highest BCUT2D eigenvalue weighted by Gasteiger charge is 2.05. The molecule has 2 aromatic heterocycles. The van der Waals surface area contributed by atoms with Crippen molar-refractivity contribution in [1.82, 2.24) is 9.97 Å². The van der Waals surface area contributed by atoms with Gasteiger partial charge in [-0.05, 0) is 56.2 Å². The molecule has 0 spiro atoms. The minimum Gasteiger partial charge on any atom is -0.325 e. The lowest BCUT2D eigenvalue weighted by molar-refractivity contribution is 1.18. The van der Waals surface area contributed by atoms with Gasteiger partial charge in [-0.15, -0.1) is 0 Å². The van der Waals surface area contributed by atoms with Gasteiger partial charge in [-0.2, -0.15) is 0 Å². The predicted molar refractivity (Wildman–Crippen MR) is 83.5 cm³/mol. The molecule has 0 saturated heterocycles. The molecule has 1 N–H and O–H groups in total. The summed E-state index contributed by atoms with van der Waals surface area (Å²) < 4.78 is 0. The van der Waals surface area contributed by atoms with Gasteiger partial charge in [0, 0.05) is 11.1 Å². The van der Waals surface area contributed by atoms with Crippen LogP contribution in [0.4, 0.5) is 11.6 Å². The van der Waals surface area contributed by atoms with Crippen molar-refractivity contribution >= 4 is 22.5 Å². The minimum atomic E-state index is 0.826. The summed E-state index contributed by atoms with van der Waals surface area (Å²) in [6.07, 6.45) is 0. The smallest absolute Gasteiger partial charge is 0.135 e. The van der Waals surface area contributed by atoms with Crippen molar-refractivity contribution in [3.05, 3.63) is 59.3 Å². The Balaban J connectivity index is 2.04. The van der Waals surface area contributed by atoms with Crippen molar-refractivity contribution in [2.75, 3.05) is 5.32 Å². The third-order valence-corrected chi connectivity index (χ3v) is 3.30. The molecule has 3 rings (SSSR count). The van der Waals surface area contributed by atoms with Crippen molar-refractivity contribution in [1.29, 1.82) is 0 Å². The maximum absolute atomic E-state index is 4.71. The second-order valence-electron chi connectivity index (χ2n) is 5.14. The summed E-state index contributed by atoms with van der Waals surface area (Å²) in [6.45, 7) is 6.12. The van der Waals surface area contributed by atoms with E-state index in [9.17, 15) is 0 Å². The molecule has 0 saturated carbocycles. The molecule has 0 aliphatic rings. The Kier molecular flexibility index (Phi) is 3.11. The summed E-state index contributed by atoms with van der Waals surface area (Å²) >= 11 is 0. The average molecular weight is 263 g/mol. The molecule has 100 valence electrons. The zero-order chi connectivity index (χ0) is 14.1. The lowest BCUT2D eigenvalue weighted by atomic mass is 10.1. The molecule has 20 heavy (non-hydrogen) atoms. The van der Waals surface area contributed by atoms with E-state index in [1.165, 1.54) is 5.56 Å². The highest BCUT2D eigenvalue weighted by Crippen LogP contribution is 2.23. The van der Waals surface area contributed by atoms with Gasteiger partial charge in [-0.1, -0.05) is 18.2 Å². The maximum atomic E-state index is 4.71. The lowest BCUT2D eigenvalue weighted by Gasteiger charge is -2.10. The normalized spacial score (nSPS) is 10.8. The number of anilines is 2. The second kappa shape index (κ2) is 4.93. The van der Waals surface area contributed by atoms with Gasteiger partial charge in [0.1, 0.15) is 11.6 Å². The number of benzene rings is 1. The fourth-order valence-corrected chi connectivity index (χ4v) is 2.24. The van der Waals surface area contributed by atoms with Crippen LogP contribution in [0.3, 0.4) is 0 Å². The van der Waals surface area contributed by atoms with Crippen LogP contribution < -0.4 is 5.32 Å². The largest absolute Gasteiger partial charge is 0.325 e. The van der Waals surface area contributed by atoms with Crippen molar-refractivity contribution in [2.45, 2.75) is 20.8 Å². The van der Waals surface area contributed by atoms with Crippen LogP contribution in [0.25, 0.3) is 10.9 Å². The molecule has 0 fully saturated rings. The second-order valence-corrected chi connectivity index (χ2v) is 5.14. The third kappa shape index (κ3) is 2.48. The molecule has 1 aromatic carbocycles. The van der Waals surface area contributed by atoms with Crippen molar-refractivity contribution in [3.63, 3.8) is 0 Å². The summed E-state index contributed by atoms with van der Waals surface area (Å²) in [5.41, 5.74) is 4.33. The Bertz CT molecular complexity index is 778. The van der Waals surface area contributed by atoms with E-state index in [4.69, 9.17) is 4.98 Å². The fourth-order valence-electron chi connectivity index (χ4n) is 2.24. The number of aryl methyl sites for hydroxylation is 3. The SMILES string of the molecule is Cc1ccc2cc(C)c(Nc3cccc(C)n3)nc2c1. The maximum Gasteiger partial charge on any atom is 0.135 e. The molecule has 3 aromatic rings. The van der Waals surface area contributed by atoms with E-state index >= 15 is 0 Å². The van der Waals surface area contributed by atoms with Crippen LogP contribution in [-0.2, 0) is 0 Å². The highest BCUT2D eigenvalue weighted by molar-refractivity contribution is 5.82.